The summed E-state index contributed by atoms with van der Waals surface area (Å²) < 4.78 is 60.2. The molecule has 0 saturated carbocycles. The maximum atomic E-state index is 14.3. The Labute approximate surface area is 277 Å². The number of hydrogen-bond donors (Lipinski definition) is 2. The van der Waals surface area contributed by atoms with Crippen LogP contribution in [0, 0.1) is 19.8 Å². The average molecular weight is 675 g/mol. The molecule has 12 heteroatoms. The lowest BCUT2D eigenvalue weighted by atomic mass is 9.79. The summed E-state index contributed by atoms with van der Waals surface area (Å²) in [6.45, 7) is 6.92. The van der Waals surface area contributed by atoms with Crippen molar-refractivity contribution in [3.05, 3.63) is 71.8 Å². The van der Waals surface area contributed by atoms with Gasteiger partial charge in [-0.05, 0) is 81.7 Å². The molecule has 0 spiro atoms. The zero-order valence-corrected chi connectivity index (χ0v) is 28.5. The maximum absolute atomic E-state index is 14.3. The Morgan fingerprint density at radius 3 is 2.43 bits per heavy atom. The largest absolute Gasteiger partial charge is 0.313 e. The number of sulfonamides is 2. The van der Waals surface area contributed by atoms with Crippen LogP contribution in [0.15, 0.2) is 64.8 Å². The molecule has 8 rings (SSSR count). The number of nitrogens with one attached hydrogen (secondary N) is 2. The van der Waals surface area contributed by atoms with Crippen LogP contribution in [0.25, 0.3) is 21.5 Å². The summed E-state index contributed by atoms with van der Waals surface area (Å²) >= 11 is 0. The quantitative estimate of drug-likeness (QED) is 0.325. The molecule has 248 valence electrons. The van der Waals surface area contributed by atoms with Crippen LogP contribution in [0.2, 0.25) is 0 Å². The van der Waals surface area contributed by atoms with Gasteiger partial charge in [-0.2, -0.15) is 8.61 Å². The van der Waals surface area contributed by atoms with E-state index in [0.717, 1.165) is 77.0 Å². The van der Waals surface area contributed by atoms with Crippen molar-refractivity contribution in [3.63, 3.8) is 0 Å². The summed E-state index contributed by atoms with van der Waals surface area (Å²) in [5.74, 6) is 0.116. The third kappa shape index (κ3) is 5.19. The van der Waals surface area contributed by atoms with Gasteiger partial charge in [-0.3, -0.25) is 9.97 Å². The van der Waals surface area contributed by atoms with Gasteiger partial charge in [0.05, 0.1) is 15.5 Å². The Balaban J connectivity index is 1.10. The predicted octanol–water partition coefficient (Wildman–Crippen LogP) is 4.07. The van der Waals surface area contributed by atoms with Gasteiger partial charge in [0.25, 0.3) is 0 Å². The highest BCUT2D eigenvalue weighted by molar-refractivity contribution is 7.89. The van der Waals surface area contributed by atoms with E-state index < -0.39 is 20.0 Å². The standard InChI is InChI=1S/C35H42N6O4S2/c1-22-17-36-19-24-6-3-9-31(33(22)24)46(42,43)40-14-11-28-26(21-40)16-25(20-38-28)35-27-7-4-10-32(34(27)23(2)18-39-35)47(44,45)41-15-12-29-30(41)8-5-13-37-29/h3-4,6-7,9-10,17-19,25-26,28-30,37-38H,5,8,11-16,20-21H2,1-2H3. The number of piperidine rings is 3. The number of rotatable bonds is 5. The fourth-order valence-corrected chi connectivity index (χ4v) is 12.6. The number of nitrogens with zero attached hydrogens (tertiary/aromatic N) is 4. The monoisotopic (exact) mass is 674 g/mol. The van der Waals surface area contributed by atoms with Crippen LogP contribution in [0.4, 0.5) is 0 Å². The molecule has 0 amide bonds. The number of pyridine rings is 2. The average Bonchev–Trinajstić information content (AvgIpc) is 3.53. The first-order valence-corrected chi connectivity index (χ1v) is 19.7. The van der Waals surface area contributed by atoms with Gasteiger partial charge >= 0.3 is 0 Å². The molecule has 0 aliphatic carbocycles. The summed E-state index contributed by atoms with van der Waals surface area (Å²) in [6.07, 6.45) is 9.44. The summed E-state index contributed by atoms with van der Waals surface area (Å²) in [5, 5.41) is 10.4. The van der Waals surface area contributed by atoms with Gasteiger partial charge in [-0.25, -0.2) is 16.8 Å². The van der Waals surface area contributed by atoms with Gasteiger partial charge in [-0.15, -0.1) is 0 Å². The van der Waals surface area contributed by atoms with E-state index >= 15 is 0 Å². The van der Waals surface area contributed by atoms with Crippen LogP contribution < -0.4 is 10.6 Å². The Kier molecular flexibility index (Phi) is 7.89. The van der Waals surface area contributed by atoms with Gasteiger partial charge < -0.3 is 10.6 Å². The van der Waals surface area contributed by atoms with E-state index in [2.05, 4.69) is 15.6 Å². The number of aromatic nitrogens is 2. The number of fused-ring (bicyclic) bond motifs is 4. The molecule has 6 heterocycles. The van der Waals surface area contributed by atoms with Crippen LogP contribution in [-0.2, 0) is 20.0 Å². The molecule has 0 radical (unpaired) electrons. The lowest BCUT2D eigenvalue weighted by Gasteiger charge is -2.43. The van der Waals surface area contributed by atoms with E-state index in [4.69, 9.17) is 4.98 Å². The predicted molar refractivity (Wildman–Crippen MR) is 182 cm³/mol. The van der Waals surface area contributed by atoms with Crippen molar-refractivity contribution in [2.24, 2.45) is 5.92 Å². The first-order chi connectivity index (χ1) is 22.6. The van der Waals surface area contributed by atoms with Crippen LogP contribution in [0.1, 0.15) is 54.8 Å². The molecule has 2 aromatic heterocycles. The second kappa shape index (κ2) is 11.9. The lowest BCUT2D eigenvalue weighted by Crippen LogP contribution is -2.55. The molecular weight excluding hydrogens is 633 g/mol. The minimum Gasteiger partial charge on any atom is -0.313 e. The van der Waals surface area contributed by atoms with Crippen molar-refractivity contribution < 1.29 is 16.8 Å². The maximum Gasteiger partial charge on any atom is 0.244 e. The zero-order chi connectivity index (χ0) is 32.5. The van der Waals surface area contributed by atoms with Crippen LogP contribution >= 0.6 is 0 Å². The molecule has 4 fully saturated rings. The lowest BCUT2D eigenvalue weighted by molar-refractivity contribution is 0.158. The molecule has 4 aliphatic heterocycles. The number of hydrogen-bond acceptors (Lipinski definition) is 8. The van der Waals surface area contributed by atoms with Gasteiger partial charge in [-0.1, -0.05) is 24.3 Å². The van der Waals surface area contributed by atoms with Crippen molar-refractivity contribution in [3.8, 4) is 0 Å². The highest BCUT2D eigenvalue weighted by atomic mass is 32.2. The molecule has 4 saturated heterocycles. The van der Waals surface area contributed by atoms with Crippen LogP contribution in [-0.4, -0.2) is 86.3 Å². The highest BCUT2D eigenvalue weighted by Crippen LogP contribution is 2.40. The van der Waals surface area contributed by atoms with E-state index in [1.54, 1.807) is 39.2 Å². The Morgan fingerprint density at radius 1 is 0.809 bits per heavy atom. The molecule has 47 heavy (non-hydrogen) atoms. The van der Waals surface area contributed by atoms with Gasteiger partial charge in [0.2, 0.25) is 20.0 Å². The normalized spacial score (nSPS) is 27.6. The van der Waals surface area contributed by atoms with Crippen LogP contribution in [0.3, 0.4) is 0 Å². The van der Waals surface area contributed by atoms with Crippen LogP contribution in [0.5, 0.6) is 0 Å². The second-order valence-corrected chi connectivity index (χ2v) is 17.6. The van der Waals surface area contributed by atoms with E-state index in [9.17, 15) is 16.8 Å². The minimum atomic E-state index is -3.74. The summed E-state index contributed by atoms with van der Waals surface area (Å²) in [5.41, 5.74) is 2.57. The third-order valence-corrected chi connectivity index (χ3v) is 15.0. The van der Waals surface area contributed by atoms with Crippen molar-refractivity contribution in [1.82, 2.24) is 29.2 Å². The first-order valence-electron chi connectivity index (χ1n) is 16.8. The smallest absolute Gasteiger partial charge is 0.244 e. The Bertz CT molecular complexity index is 2080. The molecule has 2 aromatic carbocycles. The number of aryl methyl sites for hydroxylation is 2. The fourth-order valence-electron chi connectivity index (χ4n) is 8.83. The van der Waals surface area contributed by atoms with Crippen molar-refractivity contribution in [2.45, 2.75) is 79.8 Å². The highest BCUT2D eigenvalue weighted by Gasteiger charge is 2.44. The molecule has 5 unspecified atom stereocenters. The SMILES string of the molecule is Cc1cncc2cccc(S(=O)(=O)N3CCC4NCC(c5ncc(C)c6c(S(=O)(=O)N7CCC8NCCCC87)cccc56)CC4C3)c12. The van der Waals surface area contributed by atoms with Crippen molar-refractivity contribution in [2.75, 3.05) is 32.7 Å². The van der Waals surface area contributed by atoms with Crippen molar-refractivity contribution >= 4 is 41.6 Å². The minimum absolute atomic E-state index is 0.00918. The van der Waals surface area contributed by atoms with E-state index in [0.29, 0.717) is 36.0 Å². The Morgan fingerprint density at radius 2 is 1.57 bits per heavy atom. The third-order valence-electron chi connectivity index (χ3n) is 11.1. The number of benzene rings is 2. The van der Waals surface area contributed by atoms with E-state index in [1.165, 1.54) is 0 Å². The molecule has 4 aromatic rings. The van der Waals surface area contributed by atoms with Gasteiger partial charge in [0, 0.05) is 90.4 Å². The first kappa shape index (κ1) is 31.3. The molecule has 10 nitrogen and oxygen atoms in total. The van der Waals surface area contributed by atoms with E-state index in [-0.39, 0.29) is 30.0 Å². The fraction of sp³-hybridized carbons (Fsp3) is 0.486. The molecule has 5 atom stereocenters. The Hall–Kier alpha value is -3.00. The zero-order valence-electron chi connectivity index (χ0n) is 26.9. The summed E-state index contributed by atoms with van der Waals surface area (Å²) in [7, 11) is -7.46. The topological polar surface area (TPSA) is 125 Å². The summed E-state index contributed by atoms with van der Waals surface area (Å²) in [6, 6.07) is 11.4. The molecule has 0 bridgehead atoms. The van der Waals surface area contributed by atoms with E-state index in [1.807, 2.05) is 38.2 Å². The van der Waals surface area contributed by atoms with Crippen molar-refractivity contribution in [1.29, 1.82) is 0 Å². The summed E-state index contributed by atoms with van der Waals surface area (Å²) in [4.78, 5) is 9.87. The molecule has 2 N–H and O–H groups in total. The van der Waals surface area contributed by atoms with Gasteiger partial charge in [0.1, 0.15) is 0 Å². The molecular formula is C35H42N6O4S2. The van der Waals surface area contributed by atoms with Gasteiger partial charge in [0.15, 0.2) is 0 Å². The molecule has 4 aliphatic rings. The second-order valence-electron chi connectivity index (χ2n) is 13.8.